The Hall–Kier alpha value is -2.17. The van der Waals surface area contributed by atoms with Gasteiger partial charge in [-0.25, -0.2) is 4.98 Å². The van der Waals surface area contributed by atoms with E-state index >= 15 is 0 Å². The second kappa shape index (κ2) is 5.86. The lowest BCUT2D eigenvalue weighted by Gasteiger charge is -2.13. The summed E-state index contributed by atoms with van der Waals surface area (Å²) < 4.78 is 5.65. The predicted molar refractivity (Wildman–Crippen MR) is 76.5 cm³/mol. The molecule has 20 heavy (non-hydrogen) atoms. The lowest BCUT2D eigenvalue weighted by atomic mass is 10.0. The number of nitrogens with zero attached hydrogens (tertiary/aromatic N) is 3. The van der Waals surface area contributed by atoms with Crippen molar-refractivity contribution in [2.75, 3.05) is 12.3 Å². The summed E-state index contributed by atoms with van der Waals surface area (Å²) in [5.74, 6) is 1.58. The summed E-state index contributed by atoms with van der Waals surface area (Å²) >= 11 is 0. The second-order valence-electron chi connectivity index (χ2n) is 5.00. The fourth-order valence-corrected chi connectivity index (χ4v) is 2.33. The van der Waals surface area contributed by atoms with Crippen LogP contribution in [0.3, 0.4) is 0 Å². The number of rotatable bonds is 4. The van der Waals surface area contributed by atoms with Crippen molar-refractivity contribution in [2.45, 2.75) is 32.1 Å². The number of hydrogen-bond donors (Lipinski definition) is 1. The van der Waals surface area contributed by atoms with E-state index in [1.54, 1.807) is 0 Å². The highest BCUT2D eigenvalue weighted by atomic mass is 16.5. The largest absolute Gasteiger partial charge is 0.493 e. The number of aromatic nitrogens is 3. The van der Waals surface area contributed by atoms with E-state index < -0.39 is 0 Å². The average Bonchev–Trinajstić information content (AvgIpc) is 2.49. The summed E-state index contributed by atoms with van der Waals surface area (Å²) in [6, 6.07) is 7.38. The van der Waals surface area contributed by atoms with E-state index in [0.717, 1.165) is 41.5 Å². The van der Waals surface area contributed by atoms with Gasteiger partial charge in [0, 0.05) is 12.1 Å². The van der Waals surface area contributed by atoms with Crippen LogP contribution in [0.4, 0.5) is 5.69 Å². The van der Waals surface area contributed by atoms with Crippen molar-refractivity contribution in [3.05, 3.63) is 41.5 Å². The average molecular weight is 270 g/mol. The van der Waals surface area contributed by atoms with Crippen molar-refractivity contribution >= 4 is 5.69 Å². The fraction of sp³-hybridized carbons (Fsp3) is 0.400. The summed E-state index contributed by atoms with van der Waals surface area (Å²) in [4.78, 5) is 4.58. The Kier molecular flexibility index (Phi) is 3.76. The molecule has 104 valence electrons. The van der Waals surface area contributed by atoms with Crippen LogP contribution in [0.2, 0.25) is 0 Å². The highest BCUT2D eigenvalue weighted by Crippen LogP contribution is 2.17. The molecule has 1 aliphatic carbocycles. The zero-order chi connectivity index (χ0) is 13.8. The van der Waals surface area contributed by atoms with Gasteiger partial charge in [0.2, 0.25) is 0 Å². The summed E-state index contributed by atoms with van der Waals surface area (Å²) in [6.07, 6.45) is 5.11. The third-order valence-corrected chi connectivity index (χ3v) is 3.43. The maximum atomic E-state index is 5.65. The SMILES string of the molecule is Nc1ccc(OCCc2nnc3c(n2)CCCC3)cc1. The topological polar surface area (TPSA) is 73.9 Å². The molecule has 0 fully saturated rings. The van der Waals surface area contributed by atoms with E-state index in [1.165, 1.54) is 12.8 Å². The molecule has 3 rings (SSSR count). The minimum Gasteiger partial charge on any atom is -0.493 e. The van der Waals surface area contributed by atoms with E-state index in [0.29, 0.717) is 13.0 Å². The van der Waals surface area contributed by atoms with Crippen molar-refractivity contribution in [1.82, 2.24) is 15.2 Å². The number of anilines is 1. The van der Waals surface area contributed by atoms with E-state index in [9.17, 15) is 0 Å². The van der Waals surface area contributed by atoms with E-state index in [-0.39, 0.29) is 0 Å². The van der Waals surface area contributed by atoms with Crippen LogP contribution in [0.1, 0.15) is 30.1 Å². The Morgan fingerprint density at radius 3 is 2.55 bits per heavy atom. The summed E-state index contributed by atoms with van der Waals surface area (Å²) in [5, 5.41) is 8.45. The molecule has 5 heteroatoms. The highest BCUT2D eigenvalue weighted by Gasteiger charge is 2.13. The summed E-state index contributed by atoms with van der Waals surface area (Å²) in [5.41, 5.74) is 8.55. The number of fused-ring (bicyclic) bond motifs is 1. The van der Waals surface area contributed by atoms with Crippen LogP contribution < -0.4 is 10.5 Å². The number of benzene rings is 1. The molecule has 5 nitrogen and oxygen atoms in total. The predicted octanol–water partition coefficient (Wildman–Crippen LogP) is 1.95. The van der Waals surface area contributed by atoms with Gasteiger partial charge < -0.3 is 10.5 Å². The zero-order valence-electron chi connectivity index (χ0n) is 11.4. The van der Waals surface area contributed by atoms with Gasteiger partial charge in [0.1, 0.15) is 5.75 Å². The van der Waals surface area contributed by atoms with Gasteiger partial charge in [-0.1, -0.05) is 0 Å². The van der Waals surface area contributed by atoms with Crippen molar-refractivity contribution in [1.29, 1.82) is 0 Å². The molecular weight excluding hydrogens is 252 g/mol. The zero-order valence-corrected chi connectivity index (χ0v) is 11.4. The molecule has 0 saturated carbocycles. The molecule has 1 aliphatic rings. The normalized spacial score (nSPS) is 13.8. The monoisotopic (exact) mass is 270 g/mol. The van der Waals surface area contributed by atoms with Crippen LogP contribution in [0.5, 0.6) is 5.75 Å². The van der Waals surface area contributed by atoms with Crippen LogP contribution in [-0.4, -0.2) is 21.8 Å². The summed E-state index contributed by atoms with van der Waals surface area (Å²) in [6.45, 7) is 0.546. The number of ether oxygens (including phenoxy) is 1. The molecule has 0 saturated heterocycles. The number of nitrogens with two attached hydrogens (primary N) is 1. The minimum absolute atomic E-state index is 0.546. The maximum absolute atomic E-state index is 5.65. The third-order valence-electron chi connectivity index (χ3n) is 3.43. The first-order valence-corrected chi connectivity index (χ1v) is 7.01. The van der Waals surface area contributed by atoms with Crippen LogP contribution in [0.25, 0.3) is 0 Å². The molecule has 2 aromatic rings. The van der Waals surface area contributed by atoms with E-state index in [2.05, 4.69) is 15.2 Å². The summed E-state index contributed by atoms with van der Waals surface area (Å²) in [7, 11) is 0. The van der Waals surface area contributed by atoms with Crippen molar-refractivity contribution in [3.8, 4) is 5.75 Å². The van der Waals surface area contributed by atoms with Crippen molar-refractivity contribution < 1.29 is 4.74 Å². The standard InChI is InChI=1S/C15H18N4O/c16-11-5-7-12(8-6-11)20-10-9-15-17-13-3-1-2-4-14(13)18-19-15/h5-8H,1-4,9-10,16H2. The van der Waals surface area contributed by atoms with Crippen LogP contribution in [0, 0.1) is 0 Å². The quantitative estimate of drug-likeness (QED) is 0.860. The van der Waals surface area contributed by atoms with Gasteiger partial charge in [0.05, 0.1) is 18.0 Å². The van der Waals surface area contributed by atoms with Gasteiger partial charge in [-0.3, -0.25) is 0 Å². The van der Waals surface area contributed by atoms with Gasteiger partial charge in [0.25, 0.3) is 0 Å². The second-order valence-corrected chi connectivity index (χ2v) is 5.00. The Morgan fingerprint density at radius 2 is 1.75 bits per heavy atom. The Labute approximate surface area is 118 Å². The highest BCUT2D eigenvalue weighted by molar-refractivity contribution is 5.41. The molecule has 0 amide bonds. The van der Waals surface area contributed by atoms with Gasteiger partial charge in [0.15, 0.2) is 5.82 Å². The van der Waals surface area contributed by atoms with E-state index in [4.69, 9.17) is 10.5 Å². The molecule has 0 spiro atoms. The lowest BCUT2D eigenvalue weighted by Crippen LogP contribution is -2.14. The van der Waals surface area contributed by atoms with Gasteiger partial charge in [-0.05, 0) is 49.9 Å². The molecule has 1 aromatic carbocycles. The Balaban J connectivity index is 1.57. The maximum Gasteiger partial charge on any atom is 0.154 e. The Morgan fingerprint density at radius 1 is 1.00 bits per heavy atom. The molecule has 1 aromatic heterocycles. The number of nitrogen functional groups attached to an aromatic ring is 1. The van der Waals surface area contributed by atoms with Gasteiger partial charge in [-0.15, -0.1) is 5.10 Å². The molecule has 0 radical (unpaired) electrons. The lowest BCUT2D eigenvalue weighted by molar-refractivity contribution is 0.318. The minimum atomic E-state index is 0.546. The molecule has 0 aliphatic heterocycles. The van der Waals surface area contributed by atoms with Crippen molar-refractivity contribution in [2.24, 2.45) is 0 Å². The first-order chi connectivity index (χ1) is 9.81. The number of hydrogen-bond acceptors (Lipinski definition) is 5. The van der Waals surface area contributed by atoms with Crippen LogP contribution in [-0.2, 0) is 19.3 Å². The molecule has 0 unspecified atom stereocenters. The van der Waals surface area contributed by atoms with Gasteiger partial charge in [-0.2, -0.15) is 5.10 Å². The molecule has 2 N–H and O–H groups in total. The van der Waals surface area contributed by atoms with Crippen molar-refractivity contribution in [3.63, 3.8) is 0 Å². The Bertz CT molecular complexity index is 583. The first-order valence-electron chi connectivity index (χ1n) is 7.01. The van der Waals surface area contributed by atoms with Crippen LogP contribution >= 0.6 is 0 Å². The first kappa shape index (κ1) is 12.8. The third kappa shape index (κ3) is 3.04. The molecule has 0 atom stereocenters. The fourth-order valence-electron chi connectivity index (χ4n) is 2.33. The van der Waals surface area contributed by atoms with Crippen LogP contribution in [0.15, 0.2) is 24.3 Å². The number of aryl methyl sites for hydroxylation is 2. The smallest absolute Gasteiger partial charge is 0.154 e. The molecule has 1 heterocycles. The molecular formula is C15H18N4O. The van der Waals surface area contributed by atoms with E-state index in [1.807, 2.05) is 24.3 Å². The van der Waals surface area contributed by atoms with Gasteiger partial charge >= 0.3 is 0 Å². The molecule has 0 bridgehead atoms.